The summed E-state index contributed by atoms with van der Waals surface area (Å²) in [4.78, 5) is 0. The van der Waals surface area contributed by atoms with Crippen LogP contribution in [0.4, 0.5) is 0 Å². The fourth-order valence-electron chi connectivity index (χ4n) is 3.20. The molecule has 0 unspecified atom stereocenters. The van der Waals surface area contributed by atoms with Crippen molar-refractivity contribution in [1.29, 1.82) is 5.26 Å². The quantitative estimate of drug-likeness (QED) is 0.813. The molecule has 1 saturated heterocycles. The summed E-state index contributed by atoms with van der Waals surface area (Å²) in [5.74, 6) is 0.578. The molecule has 2 fully saturated rings. The van der Waals surface area contributed by atoms with Crippen LogP contribution in [0, 0.1) is 11.3 Å². The smallest absolute Gasteiger partial charge is 0.0991 e. The van der Waals surface area contributed by atoms with Gasteiger partial charge in [-0.1, -0.05) is 17.3 Å². The van der Waals surface area contributed by atoms with Crippen molar-refractivity contribution in [3.8, 4) is 6.07 Å². The lowest BCUT2D eigenvalue weighted by Gasteiger charge is -2.21. The maximum absolute atomic E-state index is 10.2. The number of aliphatic hydroxyl groups excluding tert-OH is 1. The lowest BCUT2D eigenvalue weighted by molar-refractivity contribution is 0.0741. The third-order valence-corrected chi connectivity index (χ3v) is 4.84. The number of rotatable bonds is 6. The van der Waals surface area contributed by atoms with E-state index in [0.29, 0.717) is 31.2 Å². The molecule has 4 rings (SSSR count). The Balaban J connectivity index is 1.36. The van der Waals surface area contributed by atoms with E-state index in [1.165, 1.54) is 12.8 Å². The van der Waals surface area contributed by atoms with Crippen molar-refractivity contribution in [2.75, 3.05) is 6.61 Å². The molecule has 2 aliphatic rings. The van der Waals surface area contributed by atoms with Gasteiger partial charge in [0, 0.05) is 18.7 Å². The zero-order chi connectivity index (χ0) is 17.2. The van der Waals surface area contributed by atoms with E-state index >= 15 is 0 Å². The van der Waals surface area contributed by atoms with Crippen molar-refractivity contribution in [2.24, 2.45) is 0 Å². The van der Waals surface area contributed by atoms with Gasteiger partial charge in [-0.3, -0.25) is 0 Å². The summed E-state index contributed by atoms with van der Waals surface area (Å²) in [6, 6.07) is 9.38. The van der Waals surface area contributed by atoms with Gasteiger partial charge in [0.2, 0.25) is 0 Å². The lowest BCUT2D eigenvalue weighted by Crippen LogP contribution is -2.45. The highest BCUT2D eigenvalue weighted by atomic mass is 16.5. The standard InChI is InChI=1S/C18H21N5O2/c19-7-12-1-3-13(4-2-12)8-20-18-16(24)11-25-17(18)10-23-9-15(21-22-23)14-5-6-14/h1-4,9,14,16-18,20,24H,5-6,8,10-11H2/t16-,17+,18+/m0/s1. The van der Waals surface area contributed by atoms with Gasteiger partial charge in [0.1, 0.15) is 0 Å². The fourth-order valence-corrected chi connectivity index (χ4v) is 3.20. The summed E-state index contributed by atoms with van der Waals surface area (Å²) < 4.78 is 7.56. The number of nitrogens with one attached hydrogen (secondary N) is 1. The van der Waals surface area contributed by atoms with Crippen molar-refractivity contribution < 1.29 is 9.84 Å². The van der Waals surface area contributed by atoms with Crippen LogP contribution in [-0.4, -0.2) is 45.0 Å². The van der Waals surface area contributed by atoms with Crippen molar-refractivity contribution in [2.45, 2.75) is 50.1 Å². The van der Waals surface area contributed by atoms with Gasteiger partial charge in [-0.25, -0.2) is 4.68 Å². The van der Waals surface area contributed by atoms with Gasteiger partial charge in [-0.15, -0.1) is 5.10 Å². The lowest BCUT2D eigenvalue weighted by atomic mass is 10.1. The number of aliphatic hydroxyl groups is 1. The molecule has 1 saturated carbocycles. The minimum atomic E-state index is -0.546. The summed E-state index contributed by atoms with van der Waals surface area (Å²) in [5, 5.41) is 30.9. The molecule has 1 aliphatic carbocycles. The summed E-state index contributed by atoms with van der Waals surface area (Å²) in [6.07, 6.45) is 3.69. The molecular weight excluding hydrogens is 318 g/mol. The van der Waals surface area contributed by atoms with Crippen LogP contribution >= 0.6 is 0 Å². The predicted octanol–water partition coefficient (Wildman–Crippen LogP) is 0.945. The molecule has 25 heavy (non-hydrogen) atoms. The van der Waals surface area contributed by atoms with Gasteiger partial charge in [-0.2, -0.15) is 5.26 Å². The molecule has 1 aromatic heterocycles. The minimum absolute atomic E-state index is 0.151. The van der Waals surface area contributed by atoms with Gasteiger partial charge >= 0.3 is 0 Å². The van der Waals surface area contributed by atoms with E-state index in [-0.39, 0.29) is 12.1 Å². The van der Waals surface area contributed by atoms with E-state index in [4.69, 9.17) is 10.00 Å². The molecule has 1 aliphatic heterocycles. The van der Waals surface area contributed by atoms with Crippen LogP contribution in [0.25, 0.3) is 0 Å². The summed E-state index contributed by atoms with van der Waals surface area (Å²) >= 11 is 0. The fraction of sp³-hybridized carbons (Fsp3) is 0.500. The maximum Gasteiger partial charge on any atom is 0.0991 e. The molecule has 7 heteroatoms. The molecule has 0 amide bonds. The van der Waals surface area contributed by atoms with Crippen molar-refractivity contribution in [1.82, 2.24) is 20.3 Å². The Hall–Kier alpha value is -2.27. The molecule has 0 spiro atoms. The highest BCUT2D eigenvalue weighted by molar-refractivity contribution is 5.31. The molecule has 0 bridgehead atoms. The Kier molecular flexibility index (Phi) is 4.49. The Morgan fingerprint density at radius 2 is 2.12 bits per heavy atom. The summed E-state index contributed by atoms with van der Waals surface area (Å²) in [7, 11) is 0. The van der Waals surface area contributed by atoms with Crippen LogP contribution in [0.15, 0.2) is 30.5 Å². The van der Waals surface area contributed by atoms with Gasteiger partial charge in [0.25, 0.3) is 0 Å². The number of ether oxygens (including phenoxy) is 1. The number of hydrogen-bond donors (Lipinski definition) is 2. The molecule has 0 radical (unpaired) electrons. The Labute approximate surface area is 146 Å². The molecule has 1 aromatic carbocycles. The minimum Gasteiger partial charge on any atom is -0.389 e. The average molecular weight is 339 g/mol. The first-order valence-electron chi connectivity index (χ1n) is 8.65. The molecule has 2 aromatic rings. The zero-order valence-corrected chi connectivity index (χ0v) is 13.9. The number of nitriles is 1. The number of aromatic nitrogens is 3. The summed E-state index contributed by atoms with van der Waals surface area (Å²) in [5.41, 5.74) is 2.76. The number of benzene rings is 1. The monoisotopic (exact) mass is 339 g/mol. The third kappa shape index (κ3) is 3.71. The third-order valence-electron chi connectivity index (χ3n) is 4.84. The van der Waals surface area contributed by atoms with Gasteiger partial charge in [0.05, 0.1) is 48.7 Å². The second-order valence-corrected chi connectivity index (χ2v) is 6.79. The number of hydrogen-bond acceptors (Lipinski definition) is 6. The van der Waals surface area contributed by atoms with Gasteiger partial charge < -0.3 is 15.2 Å². The Bertz CT molecular complexity index is 763. The molecule has 2 heterocycles. The van der Waals surface area contributed by atoms with E-state index in [1.54, 1.807) is 12.1 Å². The molecular formula is C18H21N5O2. The van der Waals surface area contributed by atoms with E-state index in [9.17, 15) is 5.11 Å². The first kappa shape index (κ1) is 16.2. The zero-order valence-electron chi connectivity index (χ0n) is 13.9. The average Bonchev–Trinajstić information content (AvgIpc) is 3.29. The first-order chi connectivity index (χ1) is 12.2. The van der Waals surface area contributed by atoms with Gasteiger partial charge in [0.15, 0.2) is 0 Å². The van der Waals surface area contributed by atoms with Crippen LogP contribution in [0.2, 0.25) is 0 Å². The second kappa shape index (κ2) is 6.92. The van der Waals surface area contributed by atoms with Crippen molar-refractivity contribution >= 4 is 0 Å². The first-order valence-corrected chi connectivity index (χ1v) is 8.65. The second-order valence-electron chi connectivity index (χ2n) is 6.79. The molecule has 7 nitrogen and oxygen atoms in total. The van der Waals surface area contributed by atoms with Crippen LogP contribution < -0.4 is 5.32 Å². The highest BCUT2D eigenvalue weighted by Gasteiger charge is 2.36. The Morgan fingerprint density at radius 3 is 2.84 bits per heavy atom. The maximum atomic E-state index is 10.2. The van der Waals surface area contributed by atoms with Crippen molar-refractivity contribution in [3.63, 3.8) is 0 Å². The molecule has 3 atom stereocenters. The van der Waals surface area contributed by atoms with Crippen LogP contribution in [-0.2, 0) is 17.8 Å². The predicted molar refractivity (Wildman–Crippen MR) is 89.5 cm³/mol. The Morgan fingerprint density at radius 1 is 1.32 bits per heavy atom. The van der Waals surface area contributed by atoms with Crippen LogP contribution in [0.5, 0.6) is 0 Å². The van der Waals surface area contributed by atoms with Gasteiger partial charge in [-0.05, 0) is 30.5 Å². The van der Waals surface area contributed by atoms with E-state index in [0.717, 1.165) is 11.3 Å². The number of nitrogens with zero attached hydrogens (tertiary/aromatic N) is 4. The van der Waals surface area contributed by atoms with E-state index in [2.05, 4.69) is 21.7 Å². The van der Waals surface area contributed by atoms with Crippen molar-refractivity contribution in [3.05, 3.63) is 47.3 Å². The van der Waals surface area contributed by atoms with Crippen LogP contribution in [0.3, 0.4) is 0 Å². The SMILES string of the molecule is N#Cc1ccc(CN[C@@H]2[C@@H](O)CO[C@@H]2Cn2cc(C3CC3)nn2)cc1. The van der Waals surface area contributed by atoms with E-state index in [1.807, 2.05) is 23.0 Å². The van der Waals surface area contributed by atoms with E-state index < -0.39 is 6.10 Å². The van der Waals surface area contributed by atoms with Crippen LogP contribution in [0.1, 0.15) is 35.6 Å². The highest BCUT2D eigenvalue weighted by Crippen LogP contribution is 2.38. The summed E-state index contributed by atoms with van der Waals surface area (Å²) in [6.45, 7) is 1.50. The normalized spacial score (nSPS) is 25.8. The topological polar surface area (TPSA) is 96.0 Å². The largest absolute Gasteiger partial charge is 0.389 e. The molecule has 2 N–H and O–H groups in total. The molecule has 130 valence electrons.